The molecule has 3 aliphatic heterocycles. The van der Waals surface area contributed by atoms with Gasteiger partial charge in [0.05, 0.1) is 17.8 Å². The molecule has 6 fully saturated rings. The van der Waals surface area contributed by atoms with E-state index < -0.39 is 11.9 Å². The van der Waals surface area contributed by atoms with Crippen molar-refractivity contribution in [2.45, 2.75) is 108 Å². The summed E-state index contributed by atoms with van der Waals surface area (Å²) in [6.45, 7) is 9.02. The molecule has 0 aromatic rings. The van der Waals surface area contributed by atoms with Crippen LogP contribution in [0.3, 0.4) is 0 Å². The highest BCUT2D eigenvalue weighted by atomic mass is 16.7. The fourth-order valence-corrected chi connectivity index (χ4v) is 9.47. The Balaban J connectivity index is 1.34. The van der Waals surface area contributed by atoms with Gasteiger partial charge in [0.2, 0.25) is 0 Å². The SMILES string of the molecule is CC12CCC(O)CC1=CCC1C2CCC2(C)C3C4OC(O)C12OC3C41OC1(C)C. The van der Waals surface area contributed by atoms with Crippen LogP contribution in [0.2, 0.25) is 0 Å². The van der Waals surface area contributed by atoms with Gasteiger partial charge in [-0.05, 0) is 63.7 Å². The first-order valence-corrected chi connectivity index (χ1v) is 11.7. The number of fused-ring (bicyclic) bond motifs is 5. The van der Waals surface area contributed by atoms with Gasteiger partial charge in [0.1, 0.15) is 11.7 Å². The molecule has 0 amide bonds. The van der Waals surface area contributed by atoms with Crippen LogP contribution in [0, 0.1) is 28.6 Å². The summed E-state index contributed by atoms with van der Waals surface area (Å²) in [6.07, 6.45) is 7.15. The summed E-state index contributed by atoms with van der Waals surface area (Å²) in [5, 5.41) is 21.7. The molecule has 0 aromatic heterocycles. The van der Waals surface area contributed by atoms with Crippen LogP contribution >= 0.6 is 0 Å². The first-order valence-electron chi connectivity index (χ1n) is 11.7. The van der Waals surface area contributed by atoms with Gasteiger partial charge in [-0.1, -0.05) is 25.5 Å². The third-order valence-corrected chi connectivity index (χ3v) is 11.0. The molecule has 1 spiro atoms. The molecule has 2 bridgehead atoms. The van der Waals surface area contributed by atoms with E-state index in [1.165, 1.54) is 12.0 Å². The Bertz CT molecular complexity index is 837. The quantitative estimate of drug-likeness (QED) is 0.482. The van der Waals surface area contributed by atoms with E-state index in [-0.39, 0.29) is 46.3 Å². The van der Waals surface area contributed by atoms with Crippen molar-refractivity contribution in [3.8, 4) is 0 Å². The second-order valence-electron chi connectivity index (χ2n) is 12.1. The number of epoxide rings is 1. The van der Waals surface area contributed by atoms with Crippen molar-refractivity contribution in [1.82, 2.24) is 0 Å². The minimum atomic E-state index is -0.890. The minimum Gasteiger partial charge on any atom is -0.393 e. The van der Waals surface area contributed by atoms with Gasteiger partial charge in [-0.2, -0.15) is 0 Å². The topological polar surface area (TPSA) is 71.5 Å². The third-order valence-electron chi connectivity index (χ3n) is 11.0. The molecule has 5 heteroatoms. The van der Waals surface area contributed by atoms with Crippen LogP contribution in [0.5, 0.6) is 0 Å². The zero-order chi connectivity index (χ0) is 20.2. The number of allylic oxidation sites excluding steroid dienone is 1. The minimum absolute atomic E-state index is 0.0368. The molecule has 3 saturated carbocycles. The van der Waals surface area contributed by atoms with Crippen molar-refractivity contribution in [1.29, 1.82) is 0 Å². The first kappa shape index (κ1) is 18.1. The van der Waals surface area contributed by atoms with E-state index in [1.807, 2.05) is 0 Å². The molecular weight excluding hydrogens is 368 g/mol. The van der Waals surface area contributed by atoms with Gasteiger partial charge < -0.3 is 24.4 Å². The fourth-order valence-electron chi connectivity index (χ4n) is 9.47. The molecule has 5 nitrogen and oxygen atoms in total. The van der Waals surface area contributed by atoms with Crippen LogP contribution in [-0.4, -0.2) is 51.6 Å². The molecule has 2 N–H and O–H groups in total. The van der Waals surface area contributed by atoms with E-state index >= 15 is 0 Å². The smallest absolute Gasteiger partial charge is 0.185 e. The molecule has 3 heterocycles. The summed E-state index contributed by atoms with van der Waals surface area (Å²) in [6, 6.07) is 0. The number of hydrogen-bond acceptors (Lipinski definition) is 5. The van der Waals surface area contributed by atoms with Gasteiger partial charge in [-0.15, -0.1) is 0 Å². The third kappa shape index (κ3) is 1.61. The van der Waals surface area contributed by atoms with Crippen LogP contribution < -0.4 is 0 Å². The monoisotopic (exact) mass is 402 g/mol. The summed E-state index contributed by atoms with van der Waals surface area (Å²) < 4.78 is 19.6. The molecule has 29 heavy (non-hydrogen) atoms. The molecule has 7 aliphatic rings. The van der Waals surface area contributed by atoms with Crippen molar-refractivity contribution in [2.75, 3.05) is 0 Å². The van der Waals surface area contributed by atoms with Crippen LogP contribution in [-0.2, 0) is 14.2 Å². The molecule has 7 rings (SSSR count). The maximum Gasteiger partial charge on any atom is 0.185 e. The highest BCUT2D eigenvalue weighted by molar-refractivity contribution is 5.40. The largest absolute Gasteiger partial charge is 0.393 e. The van der Waals surface area contributed by atoms with Crippen molar-refractivity contribution in [3.63, 3.8) is 0 Å². The van der Waals surface area contributed by atoms with Gasteiger partial charge >= 0.3 is 0 Å². The second-order valence-corrected chi connectivity index (χ2v) is 12.1. The molecule has 0 aromatic carbocycles. The second kappa shape index (κ2) is 4.80. The normalized spacial score (nSPS) is 65.7. The predicted molar refractivity (Wildman–Crippen MR) is 105 cm³/mol. The molecular formula is C24H34O5. The number of aliphatic hydroxyl groups is 2. The van der Waals surface area contributed by atoms with E-state index in [0.717, 1.165) is 32.1 Å². The Morgan fingerprint density at radius 2 is 1.72 bits per heavy atom. The average molecular weight is 403 g/mol. The molecule has 160 valence electrons. The number of rotatable bonds is 0. The standard InChI is InChI=1S/C24H34O5/c1-20(2)24(29-20)17-16-18(24)28-23(19(26)27-17)15-6-5-12-11-13(25)7-9-21(12,3)14(15)8-10-22(16,23)4/h5,13-19,25-26H,6-11H2,1-4H3. The Labute approximate surface area is 172 Å². The predicted octanol–water partition coefficient (Wildman–Crippen LogP) is 2.93. The van der Waals surface area contributed by atoms with E-state index in [9.17, 15) is 10.2 Å². The van der Waals surface area contributed by atoms with Gasteiger partial charge in [0, 0.05) is 17.3 Å². The van der Waals surface area contributed by atoms with E-state index in [0.29, 0.717) is 11.8 Å². The highest BCUT2D eigenvalue weighted by Crippen LogP contribution is 2.80. The number of hydrogen-bond donors (Lipinski definition) is 2. The van der Waals surface area contributed by atoms with Crippen LogP contribution in [0.15, 0.2) is 11.6 Å². The van der Waals surface area contributed by atoms with Crippen molar-refractivity contribution >= 4 is 0 Å². The highest BCUT2D eigenvalue weighted by Gasteiger charge is 2.93. The summed E-state index contributed by atoms with van der Waals surface area (Å²) in [4.78, 5) is 0. The zero-order valence-corrected chi connectivity index (χ0v) is 18.0. The maximum atomic E-state index is 11.5. The van der Waals surface area contributed by atoms with E-state index in [1.54, 1.807) is 0 Å². The summed E-state index contributed by atoms with van der Waals surface area (Å²) in [5.74, 6) is 1.05. The Hall–Kier alpha value is -0.460. The summed E-state index contributed by atoms with van der Waals surface area (Å²) in [5.41, 5.74) is 0.224. The van der Waals surface area contributed by atoms with Crippen LogP contribution in [0.1, 0.15) is 66.2 Å². The van der Waals surface area contributed by atoms with Crippen LogP contribution in [0.25, 0.3) is 0 Å². The Morgan fingerprint density at radius 3 is 2.45 bits per heavy atom. The molecule has 3 saturated heterocycles. The first-order chi connectivity index (χ1) is 13.6. The lowest BCUT2D eigenvalue weighted by Crippen LogP contribution is -2.75. The summed E-state index contributed by atoms with van der Waals surface area (Å²) in [7, 11) is 0. The van der Waals surface area contributed by atoms with Crippen LogP contribution in [0.4, 0.5) is 0 Å². The molecule has 4 aliphatic carbocycles. The molecule has 11 unspecified atom stereocenters. The average Bonchev–Trinajstić information content (AvgIpc) is 3.24. The lowest BCUT2D eigenvalue weighted by atomic mass is 9.41. The van der Waals surface area contributed by atoms with Crippen molar-refractivity contribution in [2.24, 2.45) is 28.6 Å². The maximum absolute atomic E-state index is 11.5. The Morgan fingerprint density at radius 1 is 0.966 bits per heavy atom. The van der Waals surface area contributed by atoms with Gasteiger partial charge in [0.15, 0.2) is 11.9 Å². The van der Waals surface area contributed by atoms with Crippen molar-refractivity contribution < 1.29 is 24.4 Å². The van der Waals surface area contributed by atoms with Gasteiger partial charge in [0.25, 0.3) is 0 Å². The molecule has 11 atom stereocenters. The lowest BCUT2D eigenvalue weighted by molar-refractivity contribution is -0.328. The van der Waals surface area contributed by atoms with Gasteiger partial charge in [-0.3, -0.25) is 0 Å². The lowest BCUT2D eigenvalue weighted by Gasteiger charge is -2.65. The van der Waals surface area contributed by atoms with Gasteiger partial charge in [-0.25, -0.2) is 0 Å². The van der Waals surface area contributed by atoms with Crippen molar-refractivity contribution in [3.05, 3.63) is 11.6 Å². The molecule has 0 radical (unpaired) electrons. The number of ether oxygens (including phenoxy) is 3. The van der Waals surface area contributed by atoms with E-state index in [4.69, 9.17) is 14.2 Å². The zero-order valence-electron chi connectivity index (χ0n) is 18.0. The summed E-state index contributed by atoms with van der Waals surface area (Å²) >= 11 is 0. The Kier molecular flexibility index (Phi) is 3.01. The van der Waals surface area contributed by atoms with E-state index in [2.05, 4.69) is 33.8 Å². The fraction of sp³-hybridized carbons (Fsp3) is 0.917. The number of aliphatic hydroxyl groups excluding tert-OH is 2.